The van der Waals surface area contributed by atoms with Crippen LogP contribution in [0.3, 0.4) is 0 Å². The Morgan fingerprint density at radius 2 is 2.20 bits per heavy atom. The van der Waals surface area contributed by atoms with Crippen molar-refractivity contribution in [1.29, 1.82) is 0 Å². The zero-order valence-electron chi connectivity index (χ0n) is 9.03. The maximum absolute atomic E-state index is 4.44. The van der Waals surface area contributed by atoms with E-state index in [9.17, 15) is 0 Å². The van der Waals surface area contributed by atoms with Crippen molar-refractivity contribution >= 4 is 11.3 Å². The molecule has 0 saturated heterocycles. The second-order valence-electron chi connectivity index (χ2n) is 3.32. The number of aryl methyl sites for hydroxylation is 2. The lowest BCUT2D eigenvalue weighted by Crippen LogP contribution is -1.93. The number of aromatic nitrogens is 2. The molecule has 0 unspecified atom stereocenters. The minimum Gasteiger partial charge on any atom is -0.259 e. The molecule has 0 atom stereocenters. The highest BCUT2D eigenvalue weighted by Crippen LogP contribution is 2.26. The standard InChI is InChI=1S/C12H12N2S/c1-4-5-10-8-11(13-14(10)3)12-7-6-9(2)15-12/h6-8H,1-3H3. The highest BCUT2D eigenvalue weighted by Gasteiger charge is 2.06. The van der Waals surface area contributed by atoms with Crippen LogP contribution in [0.4, 0.5) is 0 Å². The van der Waals surface area contributed by atoms with Crippen LogP contribution in [0, 0.1) is 18.8 Å². The molecule has 2 nitrogen and oxygen atoms in total. The number of thiophene rings is 1. The fraction of sp³-hybridized carbons (Fsp3) is 0.250. The largest absolute Gasteiger partial charge is 0.259 e. The molecule has 0 radical (unpaired) electrons. The van der Waals surface area contributed by atoms with Crippen LogP contribution in [-0.2, 0) is 7.05 Å². The van der Waals surface area contributed by atoms with Gasteiger partial charge in [-0.1, -0.05) is 5.92 Å². The summed E-state index contributed by atoms with van der Waals surface area (Å²) in [6, 6.07) is 6.24. The lowest BCUT2D eigenvalue weighted by Gasteiger charge is -1.89. The molecule has 0 amide bonds. The predicted molar refractivity (Wildman–Crippen MR) is 63.8 cm³/mol. The molecule has 3 heteroatoms. The second kappa shape index (κ2) is 3.92. The van der Waals surface area contributed by atoms with Gasteiger partial charge in [-0.05, 0) is 31.9 Å². The topological polar surface area (TPSA) is 17.8 Å². The summed E-state index contributed by atoms with van der Waals surface area (Å²) in [5, 5.41) is 4.44. The Balaban J connectivity index is 2.45. The van der Waals surface area contributed by atoms with Crippen molar-refractivity contribution in [3.63, 3.8) is 0 Å². The minimum atomic E-state index is 0.957. The van der Waals surface area contributed by atoms with Gasteiger partial charge in [0.05, 0.1) is 4.88 Å². The van der Waals surface area contributed by atoms with Crippen molar-refractivity contribution < 1.29 is 0 Å². The number of rotatable bonds is 1. The molecule has 0 aliphatic carbocycles. The van der Waals surface area contributed by atoms with Gasteiger partial charge in [0, 0.05) is 18.0 Å². The van der Waals surface area contributed by atoms with Crippen LogP contribution in [0.25, 0.3) is 10.6 Å². The van der Waals surface area contributed by atoms with Crippen molar-refractivity contribution in [2.75, 3.05) is 0 Å². The van der Waals surface area contributed by atoms with Crippen LogP contribution in [0.5, 0.6) is 0 Å². The summed E-state index contributed by atoms with van der Waals surface area (Å²) >= 11 is 1.76. The van der Waals surface area contributed by atoms with Gasteiger partial charge in [0.2, 0.25) is 0 Å². The maximum Gasteiger partial charge on any atom is 0.111 e. The first kappa shape index (κ1) is 10.0. The molecule has 15 heavy (non-hydrogen) atoms. The highest BCUT2D eigenvalue weighted by atomic mass is 32.1. The van der Waals surface area contributed by atoms with E-state index in [4.69, 9.17) is 0 Å². The van der Waals surface area contributed by atoms with Gasteiger partial charge in [-0.2, -0.15) is 5.10 Å². The smallest absolute Gasteiger partial charge is 0.111 e. The van der Waals surface area contributed by atoms with Crippen molar-refractivity contribution in [2.24, 2.45) is 7.05 Å². The molecule has 0 aliphatic rings. The minimum absolute atomic E-state index is 0.957. The monoisotopic (exact) mass is 216 g/mol. The van der Waals surface area contributed by atoms with Gasteiger partial charge in [0.15, 0.2) is 0 Å². The summed E-state index contributed by atoms with van der Waals surface area (Å²) in [6.07, 6.45) is 0. The zero-order valence-corrected chi connectivity index (χ0v) is 9.85. The fourth-order valence-electron chi connectivity index (χ4n) is 1.40. The van der Waals surface area contributed by atoms with Crippen LogP contribution < -0.4 is 0 Å². The summed E-state index contributed by atoms with van der Waals surface area (Å²) in [5.74, 6) is 5.92. The van der Waals surface area contributed by atoms with Gasteiger partial charge in [-0.3, -0.25) is 4.68 Å². The summed E-state index contributed by atoms with van der Waals surface area (Å²) < 4.78 is 1.82. The van der Waals surface area contributed by atoms with Crippen molar-refractivity contribution in [2.45, 2.75) is 13.8 Å². The van der Waals surface area contributed by atoms with E-state index in [1.54, 1.807) is 11.3 Å². The van der Waals surface area contributed by atoms with Gasteiger partial charge in [-0.15, -0.1) is 11.3 Å². The molecular weight excluding hydrogens is 204 g/mol. The lowest BCUT2D eigenvalue weighted by atomic mass is 10.3. The zero-order chi connectivity index (χ0) is 10.8. The highest BCUT2D eigenvalue weighted by molar-refractivity contribution is 7.15. The molecule has 76 valence electrons. The third-order valence-corrected chi connectivity index (χ3v) is 3.15. The number of hydrogen-bond acceptors (Lipinski definition) is 2. The molecule has 0 fully saturated rings. The Bertz CT molecular complexity index is 537. The molecule has 2 aromatic heterocycles. The van der Waals surface area contributed by atoms with Crippen LogP contribution in [-0.4, -0.2) is 9.78 Å². The molecular formula is C12H12N2S. The molecule has 0 bridgehead atoms. The average molecular weight is 216 g/mol. The lowest BCUT2D eigenvalue weighted by molar-refractivity contribution is 0.761. The first-order valence-electron chi connectivity index (χ1n) is 4.74. The normalized spacial score (nSPS) is 9.80. The van der Waals surface area contributed by atoms with E-state index < -0.39 is 0 Å². The van der Waals surface area contributed by atoms with Crippen LogP contribution in [0.2, 0.25) is 0 Å². The quantitative estimate of drug-likeness (QED) is 0.670. The predicted octanol–water partition coefficient (Wildman–Crippen LogP) is 2.83. The van der Waals surface area contributed by atoms with Gasteiger partial charge in [0.25, 0.3) is 0 Å². The van der Waals surface area contributed by atoms with Gasteiger partial charge in [-0.25, -0.2) is 0 Å². The molecule has 0 spiro atoms. The van der Waals surface area contributed by atoms with E-state index in [-0.39, 0.29) is 0 Å². The molecule has 2 heterocycles. The van der Waals surface area contributed by atoms with E-state index in [1.807, 2.05) is 24.7 Å². The van der Waals surface area contributed by atoms with Crippen molar-refractivity contribution in [3.8, 4) is 22.4 Å². The summed E-state index contributed by atoms with van der Waals surface area (Å²) in [5.41, 5.74) is 1.96. The van der Waals surface area contributed by atoms with E-state index in [0.717, 1.165) is 11.4 Å². The third-order valence-electron chi connectivity index (χ3n) is 2.13. The molecule has 2 rings (SSSR count). The van der Waals surface area contributed by atoms with Crippen LogP contribution >= 0.6 is 11.3 Å². The molecule has 0 N–H and O–H groups in total. The average Bonchev–Trinajstić information content (AvgIpc) is 2.75. The van der Waals surface area contributed by atoms with Crippen molar-refractivity contribution in [1.82, 2.24) is 9.78 Å². The summed E-state index contributed by atoms with van der Waals surface area (Å²) in [4.78, 5) is 2.51. The Morgan fingerprint density at radius 1 is 1.40 bits per heavy atom. The Morgan fingerprint density at radius 3 is 2.80 bits per heavy atom. The second-order valence-corrected chi connectivity index (χ2v) is 4.61. The van der Waals surface area contributed by atoms with Gasteiger partial charge >= 0.3 is 0 Å². The molecule has 0 saturated carbocycles. The third kappa shape index (κ3) is 1.95. The van der Waals surface area contributed by atoms with E-state index in [1.165, 1.54) is 9.75 Å². The van der Waals surface area contributed by atoms with Crippen LogP contribution in [0.1, 0.15) is 17.5 Å². The van der Waals surface area contributed by atoms with Crippen molar-refractivity contribution in [3.05, 3.63) is 28.8 Å². The van der Waals surface area contributed by atoms with Crippen LogP contribution in [0.15, 0.2) is 18.2 Å². The molecule has 2 aromatic rings. The first-order chi connectivity index (χ1) is 7.20. The van der Waals surface area contributed by atoms with Gasteiger partial charge in [0.1, 0.15) is 11.4 Å². The number of hydrogen-bond donors (Lipinski definition) is 0. The van der Waals surface area contributed by atoms with E-state index in [0.29, 0.717) is 0 Å². The Kier molecular flexibility index (Phi) is 2.61. The van der Waals surface area contributed by atoms with Gasteiger partial charge < -0.3 is 0 Å². The first-order valence-corrected chi connectivity index (χ1v) is 5.56. The summed E-state index contributed by atoms with van der Waals surface area (Å²) in [7, 11) is 1.92. The van der Waals surface area contributed by atoms with E-state index in [2.05, 4.69) is 36.0 Å². The fourth-order valence-corrected chi connectivity index (χ4v) is 2.23. The Hall–Kier alpha value is -1.53. The van der Waals surface area contributed by atoms with E-state index >= 15 is 0 Å². The number of nitrogens with zero attached hydrogens (tertiary/aromatic N) is 2. The Labute approximate surface area is 93.6 Å². The SMILES string of the molecule is CC#Cc1cc(-c2ccc(C)s2)nn1C. The molecule has 0 aliphatic heterocycles. The summed E-state index contributed by atoms with van der Waals surface area (Å²) in [6.45, 7) is 3.94. The molecule has 0 aromatic carbocycles. The maximum atomic E-state index is 4.44.